The second kappa shape index (κ2) is 6.85. The van der Waals surface area contributed by atoms with Crippen LogP contribution in [0.1, 0.15) is 37.0 Å². The fourth-order valence-electron chi connectivity index (χ4n) is 2.39. The molecule has 1 aliphatic rings. The zero-order valence-electron chi connectivity index (χ0n) is 12.5. The number of β-amino-alcohol motifs (C(OH)–C–C–N with tert-alkyl or cyclic N) is 1. The first kappa shape index (κ1) is 15.7. The van der Waals surface area contributed by atoms with E-state index in [4.69, 9.17) is 0 Å². The Hall–Kier alpha value is -1.69. The van der Waals surface area contributed by atoms with Crippen molar-refractivity contribution in [2.75, 3.05) is 25.0 Å². The van der Waals surface area contributed by atoms with E-state index in [-0.39, 0.29) is 23.9 Å². The number of nitrogens with one attached hydrogen (secondary N) is 1. The number of hydrogen-bond donors (Lipinski definition) is 2. The molecule has 2 N–H and O–H groups in total. The van der Waals surface area contributed by atoms with E-state index >= 15 is 0 Å². The van der Waals surface area contributed by atoms with Gasteiger partial charge in [0, 0.05) is 19.6 Å². The van der Waals surface area contributed by atoms with Crippen molar-refractivity contribution in [2.45, 2.75) is 32.8 Å². The molecule has 2 unspecified atom stereocenters. The highest BCUT2D eigenvalue weighted by atomic mass is 19.1. The molecule has 2 heterocycles. The predicted octanol–water partition coefficient (Wildman–Crippen LogP) is 1.89. The Kier molecular flexibility index (Phi) is 5.12. The molecule has 5 nitrogen and oxygen atoms in total. The van der Waals surface area contributed by atoms with E-state index in [0.717, 1.165) is 19.0 Å². The molecule has 0 saturated carbocycles. The minimum atomic E-state index is -0.536. The van der Waals surface area contributed by atoms with E-state index < -0.39 is 11.9 Å². The number of rotatable bonds is 4. The first-order valence-electron chi connectivity index (χ1n) is 7.39. The van der Waals surface area contributed by atoms with Gasteiger partial charge in [0.2, 0.25) is 0 Å². The zero-order chi connectivity index (χ0) is 15.4. The maximum absolute atomic E-state index is 13.4. The number of hydrogen-bond acceptors (Lipinski definition) is 4. The Labute approximate surface area is 124 Å². The Morgan fingerprint density at radius 2 is 2.38 bits per heavy atom. The number of carbonyl (C=O) groups is 1. The van der Waals surface area contributed by atoms with Gasteiger partial charge in [-0.15, -0.1) is 0 Å². The van der Waals surface area contributed by atoms with E-state index in [2.05, 4.69) is 10.3 Å². The Balaban J connectivity index is 2.19. The van der Waals surface area contributed by atoms with Gasteiger partial charge in [0.25, 0.3) is 5.91 Å². The lowest BCUT2D eigenvalue weighted by atomic mass is 9.95. The van der Waals surface area contributed by atoms with Crippen LogP contribution in [-0.2, 0) is 0 Å². The topological polar surface area (TPSA) is 65.5 Å². The summed E-state index contributed by atoms with van der Waals surface area (Å²) in [7, 11) is 0. The first-order valence-corrected chi connectivity index (χ1v) is 7.39. The fraction of sp³-hybridized carbons (Fsp3) is 0.600. The number of pyridine rings is 1. The molecule has 1 saturated heterocycles. The van der Waals surface area contributed by atoms with Crippen molar-refractivity contribution in [3.63, 3.8) is 0 Å². The van der Waals surface area contributed by atoms with Gasteiger partial charge in [0.1, 0.15) is 11.6 Å². The summed E-state index contributed by atoms with van der Waals surface area (Å²) in [6, 6.07) is 1.21. The van der Waals surface area contributed by atoms with Gasteiger partial charge in [-0.3, -0.25) is 4.79 Å². The quantitative estimate of drug-likeness (QED) is 0.890. The van der Waals surface area contributed by atoms with Gasteiger partial charge in [-0.1, -0.05) is 13.8 Å². The van der Waals surface area contributed by atoms with E-state index in [9.17, 15) is 14.3 Å². The molecular formula is C15H22FN3O2. The number of aliphatic hydroxyl groups excluding tert-OH is 1. The lowest BCUT2D eigenvalue weighted by Gasteiger charge is -2.34. The summed E-state index contributed by atoms with van der Waals surface area (Å²) in [6.07, 6.45) is 2.19. The molecule has 0 radical (unpaired) electrons. The van der Waals surface area contributed by atoms with Crippen molar-refractivity contribution < 1.29 is 14.3 Å². The fourth-order valence-corrected chi connectivity index (χ4v) is 2.39. The third-order valence-corrected chi connectivity index (χ3v) is 3.83. The summed E-state index contributed by atoms with van der Waals surface area (Å²) in [4.78, 5) is 18.1. The summed E-state index contributed by atoms with van der Waals surface area (Å²) in [6.45, 7) is 5.48. The minimum Gasteiger partial charge on any atom is -0.391 e. The summed E-state index contributed by atoms with van der Waals surface area (Å²) in [5.74, 6) is -0.244. The molecule has 21 heavy (non-hydrogen) atoms. The Morgan fingerprint density at radius 3 is 3.05 bits per heavy atom. The van der Waals surface area contributed by atoms with Gasteiger partial charge < -0.3 is 15.3 Å². The molecule has 2 atom stereocenters. The lowest BCUT2D eigenvalue weighted by Crippen LogP contribution is -2.46. The molecule has 0 bridgehead atoms. The second-order valence-corrected chi connectivity index (χ2v) is 5.56. The second-order valence-electron chi connectivity index (χ2n) is 5.56. The number of anilines is 1. The molecule has 0 aliphatic carbocycles. The van der Waals surface area contributed by atoms with Crippen LogP contribution in [0.5, 0.6) is 0 Å². The minimum absolute atomic E-state index is 0.178. The number of halogens is 1. The molecule has 0 spiro atoms. The first-order chi connectivity index (χ1) is 10.0. The molecule has 1 aromatic rings. The largest absolute Gasteiger partial charge is 0.391 e. The van der Waals surface area contributed by atoms with Crippen LogP contribution >= 0.6 is 0 Å². The van der Waals surface area contributed by atoms with Gasteiger partial charge in [-0.05, 0) is 24.8 Å². The highest BCUT2D eigenvalue weighted by molar-refractivity contribution is 5.98. The monoisotopic (exact) mass is 295 g/mol. The third kappa shape index (κ3) is 3.69. The Morgan fingerprint density at radius 1 is 1.62 bits per heavy atom. The number of nitrogens with zero attached hydrogens (tertiary/aromatic N) is 2. The van der Waals surface area contributed by atoms with Gasteiger partial charge in [0.15, 0.2) is 0 Å². The van der Waals surface area contributed by atoms with Gasteiger partial charge in [-0.25, -0.2) is 9.37 Å². The smallest absolute Gasteiger partial charge is 0.257 e. The van der Waals surface area contributed by atoms with Crippen LogP contribution in [-0.4, -0.2) is 46.6 Å². The number of aliphatic hydroxyl groups is 1. The zero-order valence-corrected chi connectivity index (χ0v) is 12.5. The lowest BCUT2D eigenvalue weighted by molar-refractivity contribution is 0.0249. The SMILES string of the molecule is CCCNc1ncc(F)cc1C(=O)N1CCC(C)C(O)C1. The van der Waals surface area contributed by atoms with Crippen LogP contribution in [0.2, 0.25) is 0 Å². The van der Waals surface area contributed by atoms with Crippen molar-refractivity contribution in [1.82, 2.24) is 9.88 Å². The van der Waals surface area contributed by atoms with Crippen molar-refractivity contribution >= 4 is 11.7 Å². The normalized spacial score (nSPS) is 22.2. The van der Waals surface area contributed by atoms with E-state index in [1.807, 2.05) is 13.8 Å². The molecule has 1 amide bonds. The molecular weight excluding hydrogens is 273 g/mol. The number of carbonyl (C=O) groups excluding carboxylic acids is 1. The standard InChI is InChI=1S/C15H22FN3O2/c1-3-5-17-14-12(7-11(16)8-18-14)15(21)19-6-4-10(2)13(20)9-19/h7-8,10,13,20H,3-6,9H2,1-2H3,(H,17,18). The maximum atomic E-state index is 13.4. The van der Waals surface area contributed by atoms with Crippen molar-refractivity contribution in [3.8, 4) is 0 Å². The predicted molar refractivity (Wildman–Crippen MR) is 78.7 cm³/mol. The summed E-state index contributed by atoms with van der Waals surface area (Å²) in [5, 5.41) is 13.0. The van der Waals surface area contributed by atoms with Crippen LogP contribution in [0, 0.1) is 11.7 Å². The summed E-state index contributed by atoms with van der Waals surface area (Å²) in [5.41, 5.74) is 0.227. The molecule has 1 aliphatic heterocycles. The van der Waals surface area contributed by atoms with Gasteiger partial charge in [-0.2, -0.15) is 0 Å². The van der Waals surface area contributed by atoms with Crippen molar-refractivity contribution in [3.05, 3.63) is 23.6 Å². The van der Waals surface area contributed by atoms with Crippen LogP contribution in [0.3, 0.4) is 0 Å². The number of likely N-dealkylation sites (tertiary alicyclic amines) is 1. The summed E-state index contributed by atoms with van der Waals surface area (Å²) >= 11 is 0. The van der Waals surface area contributed by atoms with Gasteiger partial charge in [0.05, 0.1) is 17.9 Å². The molecule has 6 heteroatoms. The molecule has 1 fully saturated rings. The molecule has 0 aromatic carbocycles. The van der Waals surface area contributed by atoms with E-state index in [1.165, 1.54) is 6.07 Å². The molecule has 2 rings (SSSR count). The van der Waals surface area contributed by atoms with Crippen molar-refractivity contribution in [2.24, 2.45) is 5.92 Å². The van der Waals surface area contributed by atoms with Crippen LogP contribution in [0.25, 0.3) is 0 Å². The van der Waals surface area contributed by atoms with Crippen LogP contribution < -0.4 is 5.32 Å². The average molecular weight is 295 g/mol. The van der Waals surface area contributed by atoms with Crippen LogP contribution in [0.4, 0.5) is 10.2 Å². The molecule has 116 valence electrons. The van der Waals surface area contributed by atoms with Crippen molar-refractivity contribution in [1.29, 1.82) is 0 Å². The van der Waals surface area contributed by atoms with Gasteiger partial charge >= 0.3 is 0 Å². The molecule has 1 aromatic heterocycles. The van der Waals surface area contributed by atoms with E-state index in [1.54, 1.807) is 4.90 Å². The maximum Gasteiger partial charge on any atom is 0.257 e. The number of piperidine rings is 1. The average Bonchev–Trinajstić information content (AvgIpc) is 2.48. The highest BCUT2D eigenvalue weighted by Gasteiger charge is 2.29. The van der Waals surface area contributed by atoms with E-state index in [0.29, 0.717) is 18.9 Å². The highest BCUT2D eigenvalue weighted by Crippen LogP contribution is 2.22. The van der Waals surface area contributed by atoms with Crippen LogP contribution in [0.15, 0.2) is 12.3 Å². The Bertz CT molecular complexity index is 510. The number of aromatic nitrogens is 1. The number of amides is 1. The third-order valence-electron chi connectivity index (χ3n) is 3.83. The summed E-state index contributed by atoms with van der Waals surface area (Å²) < 4.78 is 13.4.